The van der Waals surface area contributed by atoms with Crippen LogP contribution in [0.4, 0.5) is 0 Å². The van der Waals surface area contributed by atoms with E-state index < -0.39 is 0 Å². The Morgan fingerprint density at radius 3 is 2.33 bits per heavy atom. The maximum absolute atomic E-state index is 3.67. The molecule has 0 aromatic rings. The van der Waals surface area contributed by atoms with Crippen LogP contribution >= 0.6 is 15.9 Å². The third kappa shape index (κ3) is 1.61. The van der Waals surface area contributed by atoms with Crippen LogP contribution in [0.2, 0.25) is 0 Å². The van der Waals surface area contributed by atoms with Gasteiger partial charge < -0.3 is 0 Å². The summed E-state index contributed by atoms with van der Waals surface area (Å²) >= 11 is 3.67. The van der Waals surface area contributed by atoms with Crippen LogP contribution in [0.25, 0.3) is 0 Å². The summed E-state index contributed by atoms with van der Waals surface area (Å²) in [4.78, 5) is 0. The van der Waals surface area contributed by atoms with Crippen molar-refractivity contribution < 1.29 is 0 Å². The molecule has 12 heavy (non-hydrogen) atoms. The summed E-state index contributed by atoms with van der Waals surface area (Å²) in [6, 6.07) is 0. The molecule has 0 N–H and O–H groups in total. The fourth-order valence-electron chi connectivity index (χ4n) is 2.52. The van der Waals surface area contributed by atoms with E-state index in [1.54, 1.807) is 0 Å². The second-order valence-electron chi connectivity index (χ2n) is 4.50. The standard InChI is InChI=1S/C11H17Br/c12-9-11(6-3-7-11)8-10-4-1-2-5-10/h1-2,10H,3-9H2. The van der Waals surface area contributed by atoms with Crippen molar-refractivity contribution in [3.8, 4) is 0 Å². The number of rotatable bonds is 3. The zero-order valence-corrected chi connectivity index (χ0v) is 9.15. The summed E-state index contributed by atoms with van der Waals surface area (Å²) < 4.78 is 0. The summed E-state index contributed by atoms with van der Waals surface area (Å²) in [6.45, 7) is 0. The molecule has 1 fully saturated rings. The third-order valence-electron chi connectivity index (χ3n) is 3.52. The molecular formula is C11H17Br. The molecule has 0 saturated heterocycles. The Hall–Kier alpha value is 0.220. The second kappa shape index (κ2) is 3.53. The smallest absolute Gasteiger partial charge is 0.00880 e. The van der Waals surface area contributed by atoms with Crippen LogP contribution in [0.5, 0.6) is 0 Å². The summed E-state index contributed by atoms with van der Waals surface area (Å²) in [5.74, 6) is 0.975. The molecule has 68 valence electrons. The molecule has 0 aliphatic heterocycles. The molecule has 2 rings (SSSR count). The minimum absolute atomic E-state index is 0.705. The maximum Gasteiger partial charge on any atom is 0.00880 e. The first-order chi connectivity index (χ1) is 5.85. The zero-order chi connectivity index (χ0) is 8.44. The molecule has 0 amide bonds. The number of allylic oxidation sites excluding steroid dienone is 2. The lowest BCUT2D eigenvalue weighted by molar-refractivity contribution is 0.127. The number of hydrogen-bond donors (Lipinski definition) is 0. The molecule has 0 spiro atoms. The highest BCUT2D eigenvalue weighted by atomic mass is 79.9. The van der Waals surface area contributed by atoms with Crippen LogP contribution < -0.4 is 0 Å². The van der Waals surface area contributed by atoms with Crippen molar-refractivity contribution >= 4 is 15.9 Å². The lowest BCUT2D eigenvalue weighted by atomic mass is 9.65. The van der Waals surface area contributed by atoms with Gasteiger partial charge in [0.25, 0.3) is 0 Å². The fourth-order valence-corrected chi connectivity index (χ4v) is 3.31. The van der Waals surface area contributed by atoms with Crippen molar-refractivity contribution in [2.75, 3.05) is 5.33 Å². The van der Waals surface area contributed by atoms with Crippen LogP contribution in [-0.2, 0) is 0 Å². The van der Waals surface area contributed by atoms with Crippen LogP contribution in [0, 0.1) is 11.3 Å². The Labute approximate surface area is 83.6 Å². The van der Waals surface area contributed by atoms with Gasteiger partial charge in [-0.05, 0) is 43.4 Å². The highest BCUT2D eigenvalue weighted by molar-refractivity contribution is 9.09. The molecular weight excluding hydrogens is 212 g/mol. The van der Waals surface area contributed by atoms with Gasteiger partial charge in [-0.1, -0.05) is 34.5 Å². The SMILES string of the molecule is BrCC1(CC2CC=CC2)CCC1. The molecule has 0 aromatic carbocycles. The predicted octanol–water partition coefficient (Wildman–Crippen LogP) is 3.91. The highest BCUT2D eigenvalue weighted by Gasteiger charge is 2.37. The summed E-state index contributed by atoms with van der Waals surface area (Å²) in [7, 11) is 0. The first-order valence-corrected chi connectivity index (χ1v) is 6.18. The van der Waals surface area contributed by atoms with Gasteiger partial charge in [0.05, 0.1) is 0 Å². The zero-order valence-electron chi connectivity index (χ0n) is 7.56. The minimum atomic E-state index is 0.705. The van der Waals surface area contributed by atoms with Crippen LogP contribution in [0.1, 0.15) is 38.5 Å². The molecule has 0 nitrogen and oxygen atoms in total. The average Bonchev–Trinajstić information content (AvgIpc) is 2.49. The van der Waals surface area contributed by atoms with E-state index in [0.29, 0.717) is 5.41 Å². The van der Waals surface area contributed by atoms with Gasteiger partial charge in [0.1, 0.15) is 0 Å². The minimum Gasteiger partial charge on any atom is -0.0922 e. The van der Waals surface area contributed by atoms with E-state index >= 15 is 0 Å². The summed E-state index contributed by atoms with van der Waals surface area (Å²) in [5.41, 5.74) is 0.705. The summed E-state index contributed by atoms with van der Waals surface area (Å²) in [6.07, 6.45) is 13.3. The van der Waals surface area contributed by atoms with Gasteiger partial charge in [-0.2, -0.15) is 0 Å². The molecule has 2 aliphatic rings. The Bertz CT molecular complexity index is 166. The average molecular weight is 229 g/mol. The van der Waals surface area contributed by atoms with Gasteiger partial charge in [-0.3, -0.25) is 0 Å². The molecule has 0 atom stereocenters. The number of halogens is 1. The van der Waals surface area contributed by atoms with Gasteiger partial charge in [0, 0.05) is 5.33 Å². The van der Waals surface area contributed by atoms with E-state index in [0.717, 1.165) is 5.92 Å². The Morgan fingerprint density at radius 2 is 1.92 bits per heavy atom. The number of alkyl halides is 1. The van der Waals surface area contributed by atoms with Crippen molar-refractivity contribution in [3.63, 3.8) is 0 Å². The topological polar surface area (TPSA) is 0 Å². The molecule has 0 unspecified atom stereocenters. The van der Waals surface area contributed by atoms with E-state index in [1.807, 2.05) is 0 Å². The molecule has 0 heterocycles. The van der Waals surface area contributed by atoms with Crippen molar-refractivity contribution in [2.45, 2.75) is 38.5 Å². The van der Waals surface area contributed by atoms with Crippen molar-refractivity contribution in [1.29, 1.82) is 0 Å². The Morgan fingerprint density at radius 1 is 1.25 bits per heavy atom. The number of hydrogen-bond acceptors (Lipinski definition) is 0. The molecule has 2 aliphatic carbocycles. The first kappa shape index (κ1) is 8.80. The summed E-state index contributed by atoms with van der Waals surface area (Å²) in [5, 5.41) is 1.23. The Kier molecular flexibility index (Phi) is 2.59. The van der Waals surface area contributed by atoms with Gasteiger partial charge in [0.15, 0.2) is 0 Å². The van der Waals surface area contributed by atoms with E-state index in [1.165, 1.54) is 43.9 Å². The molecule has 0 aromatic heterocycles. The van der Waals surface area contributed by atoms with Gasteiger partial charge in [0.2, 0.25) is 0 Å². The largest absolute Gasteiger partial charge is 0.0922 e. The van der Waals surface area contributed by atoms with Crippen molar-refractivity contribution in [2.24, 2.45) is 11.3 Å². The maximum atomic E-state index is 3.67. The highest BCUT2D eigenvalue weighted by Crippen LogP contribution is 2.48. The van der Waals surface area contributed by atoms with Crippen LogP contribution in [0.15, 0.2) is 12.2 Å². The van der Waals surface area contributed by atoms with Crippen LogP contribution in [0.3, 0.4) is 0 Å². The monoisotopic (exact) mass is 228 g/mol. The predicted molar refractivity (Wildman–Crippen MR) is 56.6 cm³/mol. The van der Waals surface area contributed by atoms with E-state index in [-0.39, 0.29) is 0 Å². The van der Waals surface area contributed by atoms with E-state index in [4.69, 9.17) is 0 Å². The first-order valence-electron chi connectivity index (χ1n) is 5.06. The molecule has 1 saturated carbocycles. The molecule has 0 radical (unpaired) electrons. The molecule has 0 bridgehead atoms. The van der Waals surface area contributed by atoms with Gasteiger partial charge in [-0.15, -0.1) is 0 Å². The third-order valence-corrected chi connectivity index (χ3v) is 4.71. The van der Waals surface area contributed by atoms with E-state index in [9.17, 15) is 0 Å². The Balaban J connectivity index is 1.84. The van der Waals surface area contributed by atoms with E-state index in [2.05, 4.69) is 28.1 Å². The van der Waals surface area contributed by atoms with Gasteiger partial charge in [-0.25, -0.2) is 0 Å². The molecule has 1 heteroatoms. The lowest BCUT2D eigenvalue weighted by Crippen LogP contribution is -2.33. The van der Waals surface area contributed by atoms with Crippen molar-refractivity contribution in [3.05, 3.63) is 12.2 Å². The fraction of sp³-hybridized carbons (Fsp3) is 0.818. The van der Waals surface area contributed by atoms with Crippen molar-refractivity contribution in [1.82, 2.24) is 0 Å². The normalized spacial score (nSPS) is 27.4. The van der Waals surface area contributed by atoms with Gasteiger partial charge >= 0.3 is 0 Å². The second-order valence-corrected chi connectivity index (χ2v) is 5.06. The quantitative estimate of drug-likeness (QED) is 0.508. The lowest BCUT2D eigenvalue weighted by Gasteiger charge is -2.42. The van der Waals surface area contributed by atoms with Crippen LogP contribution in [-0.4, -0.2) is 5.33 Å².